The molecule has 3 aromatic rings. The summed E-state index contributed by atoms with van der Waals surface area (Å²) in [5, 5.41) is 0. The molecule has 34 heavy (non-hydrogen) atoms. The minimum atomic E-state index is -0.207. The van der Waals surface area contributed by atoms with Gasteiger partial charge >= 0.3 is 0 Å². The molecule has 1 heterocycles. The third-order valence-corrected chi connectivity index (χ3v) is 5.46. The summed E-state index contributed by atoms with van der Waals surface area (Å²) in [7, 11) is 6.07. The lowest BCUT2D eigenvalue weighted by Gasteiger charge is -2.23. The summed E-state index contributed by atoms with van der Waals surface area (Å²) in [6.45, 7) is 0.502. The Balaban J connectivity index is 1.66. The maximum atomic E-state index is 13.4. The second kappa shape index (κ2) is 10.2. The van der Waals surface area contributed by atoms with Gasteiger partial charge in [0.15, 0.2) is 28.8 Å². The molecule has 0 saturated carbocycles. The van der Waals surface area contributed by atoms with Crippen LogP contribution in [-0.2, 0) is 6.61 Å². The van der Waals surface area contributed by atoms with E-state index in [0.29, 0.717) is 46.5 Å². The summed E-state index contributed by atoms with van der Waals surface area (Å²) in [5.41, 5.74) is 2.58. The van der Waals surface area contributed by atoms with Crippen molar-refractivity contribution < 1.29 is 33.2 Å². The van der Waals surface area contributed by atoms with Crippen molar-refractivity contribution in [3.05, 3.63) is 76.9 Å². The van der Waals surface area contributed by atoms with Crippen LogP contribution < -0.4 is 28.4 Å². The molecular formula is C27H26O7. The molecule has 0 saturated heterocycles. The highest BCUT2D eigenvalue weighted by atomic mass is 16.5. The van der Waals surface area contributed by atoms with E-state index in [1.807, 2.05) is 48.5 Å². The Morgan fingerprint density at radius 3 is 2.24 bits per heavy atom. The molecule has 4 rings (SSSR count). The molecule has 0 radical (unpaired) electrons. The van der Waals surface area contributed by atoms with Gasteiger partial charge in [0.2, 0.25) is 5.75 Å². The molecule has 176 valence electrons. The molecule has 0 atom stereocenters. The van der Waals surface area contributed by atoms with Crippen molar-refractivity contribution in [2.45, 2.75) is 6.61 Å². The lowest BCUT2D eigenvalue weighted by atomic mass is 9.96. The summed E-state index contributed by atoms with van der Waals surface area (Å²) in [4.78, 5) is 13.4. The molecule has 0 amide bonds. The maximum absolute atomic E-state index is 13.4. The molecule has 0 aromatic heterocycles. The first-order valence-corrected chi connectivity index (χ1v) is 10.6. The Morgan fingerprint density at radius 2 is 1.56 bits per heavy atom. The number of hydrogen-bond acceptors (Lipinski definition) is 7. The maximum Gasteiger partial charge on any atom is 0.204 e. The number of benzene rings is 3. The third-order valence-electron chi connectivity index (χ3n) is 5.46. The van der Waals surface area contributed by atoms with Gasteiger partial charge in [0, 0.05) is 11.6 Å². The van der Waals surface area contributed by atoms with Crippen LogP contribution in [0, 0.1) is 0 Å². The molecule has 0 spiro atoms. The van der Waals surface area contributed by atoms with Crippen molar-refractivity contribution in [2.75, 3.05) is 35.0 Å². The molecule has 3 aromatic carbocycles. The van der Waals surface area contributed by atoms with Crippen molar-refractivity contribution in [2.24, 2.45) is 0 Å². The highest BCUT2D eigenvalue weighted by molar-refractivity contribution is 6.16. The Bertz CT molecular complexity index is 1220. The van der Waals surface area contributed by atoms with Gasteiger partial charge in [-0.1, -0.05) is 36.4 Å². The fourth-order valence-corrected chi connectivity index (χ4v) is 3.78. The molecule has 0 N–H and O–H groups in total. The van der Waals surface area contributed by atoms with Crippen LogP contribution in [0.4, 0.5) is 0 Å². The Hall–Kier alpha value is -4.13. The smallest absolute Gasteiger partial charge is 0.204 e. The molecule has 0 bridgehead atoms. The number of carbonyl (C=O) groups excluding carboxylic acids is 1. The fourth-order valence-electron chi connectivity index (χ4n) is 3.78. The van der Waals surface area contributed by atoms with Crippen molar-refractivity contribution in [1.29, 1.82) is 0 Å². The van der Waals surface area contributed by atoms with Crippen molar-refractivity contribution >= 4 is 11.9 Å². The number of carbonyl (C=O) groups is 1. The average Bonchev–Trinajstić information content (AvgIpc) is 2.88. The van der Waals surface area contributed by atoms with E-state index in [0.717, 1.165) is 11.1 Å². The van der Waals surface area contributed by atoms with E-state index in [-0.39, 0.29) is 18.1 Å². The van der Waals surface area contributed by atoms with Gasteiger partial charge in [0.05, 0.1) is 28.4 Å². The van der Waals surface area contributed by atoms with E-state index >= 15 is 0 Å². The highest BCUT2D eigenvalue weighted by Gasteiger charge is 2.32. The van der Waals surface area contributed by atoms with E-state index in [2.05, 4.69) is 0 Å². The summed E-state index contributed by atoms with van der Waals surface area (Å²) in [6.07, 6.45) is 1.77. The van der Waals surface area contributed by atoms with Gasteiger partial charge in [-0.15, -0.1) is 0 Å². The first-order chi connectivity index (χ1) is 16.6. The summed E-state index contributed by atoms with van der Waals surface area (Å²) < 4.78 is 33.6. The van der Waals surface area contributed by atoms with Crippen LogP contribution in [0.25, 0.3) is 6.08 Å². The largest absolute Gasteiger partial charge is 0.493 e. The SMILES string of the molecule is COc1ccc(C=C2COc3cc(OC)c(OC)c(OC)c3C2=O)cc1OCc1ccccc1. The molecule has 7 heteroatoms. The van der Waals surface area contributed by atoms with Crippen LogP contribution >= 0.6 is 0 Å². The first-order valence-electron chi connectivity index (χ1n) is 10.6. The van der Waals surface area contributed by atoms with Crippen LogP contribution in [0.1, 0.15) is 21.5 Å². The highest BCUT2D eigenvalue weighted by Crippen LogP contribution is 2.47. The summed E-state index contributed by atoms with van der Waals surface area (Å²) >= 11 is 0. The molecule has 0 unspecified atom stereocenters. The molecular weight excluding hydrogens is 436 g/mol. The van der Waals surface area contributed by atoms with Gasteiger partial charge in [-0.2, -0.15) is 0 Å². The van der Waals surface area contributed by atoms with Gasteiger partial charge in [-0.25, -0.2) is 0 Å². The quantitative estimate of drug-likeness (QED) is 0.438. The Labute approximate surface area is 198 Å². The van der Waals surface area contributed by atoms with Crippen LogP contribution in [0.15, 0.2) is 60.2 Å². The van der Waals surface area contributed by atoms with E-state index in [9.17, 15) is 4.79 Å². The zero-order chi connectivity index (χ0) is 24.1. The minimum Gasteiger partial charge on any atom is -0.493 e. The summed E-state index contributed by atoms with van der Waals surface area (Å²) in [6, 6.07) is 17.0. The molecule has 1 aliphatic heterocycles. The number of ketones is 1. The number of ether oxygens (including phenoxy) is 6. The molecule has 1 aliphatic rings. The topological polar surface area (TPSA) is 72.5 Å². The molecule has 7 nitrogen and oxygen atoms in total. The normalized spacial score (nSPS) is 13.6. The van der Waals surface area contributed by atoms with Crippen molar-refractivity contribution in [1.82, 2.24) is 0 Å². The van der Waals surface area contributed by atoms with Gasteiger partial charge in [0.1, 0.15) is 24.5 Å². The second-order valence-electron chi connectivity index (χ2n) is 7.49. The van der Waals surface area contributed by atoms with Crippen molar-refractivity contribution in [3.8, 4) is 34.5 Å². The van der Waals surface area contributed by atoms with E-state index < -0.39 is 0 Å². The van der Waals surface area contributed by atoms with Crippen molar-refractivity contribution in [3.63, 3.8) is 0 Å². The van der Waals surface area contributed by atoms with E-state index in [1.165, 1.54) is 21.3 Å². The van der Waals surface area contributed by atoms with Gasteiger partial charge in [-0.05, 0) is 29.3 Å². The number of Topliss-reactive ketones (excluding diaryl/α,β-unsaturated/α-hetero) is 1. The zero-order valence-electron chi connectivity index (χ0n) is 19.5. The predicted octanol–water partition coefficient (Wildman–Crippen LogP) is 4.96. The average molecular weight is 462 g/mol. The van der Waals surface area contributed by atoms with Gasteiger partial charge < -0.3 is 28.4 Å². The lowest BCUT2D eigenvalue weighted by molar-refractivity contribution is 0.0996. The van der Waals surface area contributed by atoms with Crippen LogP contribution in [-0.4, -0.2) is 40.8 Å². The standard InChI is InChI=1S/C27H26O7/c1-29-20-11-10-18(13-21(20)33-15-17-8-6-5-7-9-17)12-19-16-34-22-14-23(30-2)26(31-3)27(32-4)24(22)25(19)28/h5-14H,15-16H2,1-4H3. The van der Waals surface area contributed by atoms with Crippen LogP contribution in [0.2, 0.25) is 0 Å². The molecule has 0 aliphatic carbocycles. The van der Waals surface area contributed by atoms with E-state index in [4.69, 9.17) is 28.4 Å². The van der Waals surface area contributed by atoms with E-state index in [1.54, 1.807) is 19.3 Å². The Kier molecular flexibility index (Phi) is 6.92. The number of hydrogen-bond donors (Lipinski definition) is 0. The molecule has 0 fully saturated rings. The van der Waals surface area contributed by atoms with Crippen LogP contribution in [0.3, 0.4) is 0 Å². The number of rotatable bonds is 8. The summed E-state index contributed by atoms with van der Waals surface area (Å²) in [5.74, 6) is 2.40. The van der Waals surface area contributed by atoms with Crippen LogP contribution in [0.5, 0.6) is 34.5 Å². The minimum absolute atomic E-state index is 0.108. The first kappa shape index (κ1) is 23.0. The third kappa shape index (κ3) is 4.50. The monoisotopic (exact) mass is 462 g/mol. The second-order valence-corrected chi connectivity index (χ2v) is 7.49. The van der Waals surface area contributed by atoms with Gasteiger partial charge in [0.25, 0.3) is 0 Å². The number of fused-ring (bicyclic) bond motifs is 1. The predicted molar refractivity (Wildman–Crippen MR) is 128 cm³/mol. The fraction of sp³-hybridized carbons (Fsp3) is 0.222. The lowest BCUT2D eigenvalue weighted by Crippen LogP contribution is -2.20. The zero-order valence-corrected chi connectivity index (χ0v) is 19.5. The van der Waals surface area contributed by atoms with Gasteiger partial charge in [-0.3, -0.25) is 4.79 Å². The number of methoxy groups -OCH3 is 4. The Morgan fingerprint density at radius 1 is 0.824 bits per heavy atom.